The van der Waals surface area contributed by atoms with Crippen LogP contribution in [0.1, 0.15) is 50.5 Å². The smallest absolute Gasteiger partial charge is 0.270 e. The van der Waals surface area contributed by atoms with Crippen LogP contribution in [0.25, 0.3) is 16.8 Å². The van der Waals surface area contributed by atoms with Crippen molar-refractivity contribution in [2.24, 2.45) is 11.3 Å². The van der Waals surface area contributed by atoms with Crippen LogP contribution < -0.4 is 14.8 Å². The monoisotopic (exact) mass is 447 g/mol. The highest BCUT2D eigenvalue weighted by Crippen LogP contribution is 2.39. The van der Waals surface area contributed by atoms with Gasteiger partial charge in [0.05, 0.1) is 32.3 Å². The van der Waals surface area contributed by atoms with E-state index >= 15 is 0 Å². The number of hydrogen-bond acceptors (Lipinski definition) is 4. The van der Waals surface area contributed by atoms with Gasteiger partial charge < -0.3 is 14.8 Å². The number of hydrogen-bond donors (Lipinski definition) is 1. The van der Waals surface area contributed by atoms with Gasteiger partial charge in [0.1, 0.15) is 17.2 Å². The second-order valence-corrected chi connectivity index (χ2v) is 9.82. The molecule has 1 N–H and O–H groups in total. The number of aromatic nitrogens is 2. The molecule has 0 spiro atoms. The molecular formula is C27H33N3O3. The van der Waals surface area contributed by atoms with Gasteiger partial charge in [-0.2, -0.15) is 0 Å². The Morgan fingerprint density at radius 1 is 1.06 bits per heavy atom. The predicted molar refractivity (Wildman–Crippen MR) is 130 cm³/mol. The zero-order valence-electron chi connectivity index (χ0n) is 20.1. The minimum absolute atomic E-state index is 0.0853. The Morgan fingerprint density at radius 3 is 2.33 bits per heavy atom. The molecule has 1 amide bonds. The van der Waals surface area contributed by atoms with Crippen LogP contribution in [-0.2, 0) is 0 Å². The van der Waals surface area contributed by atoms with Crippen LogP contribution in [0.5, 0.6) is 11.5 Å². The van der Waals surface area contributed by atoms with Crippen molar-refractivity contribution in [3.63, 3.8) is 0 Å². The summed E-state index contributed by atoms with van der Waals surface area (Å²) < 4.78 is 12.9. The molecule has 4 rings (SSSR count). The number of carbonyl (C=O) groups excluding carboxylic acids is 1. The molecule has 1 saturated carbocycles. The van der Waals surface area contributed by atoms with E-state index in [9.17, 15) is 4.79 Å². The molecule has 6 heteroatoms. The Morgan fingerprint density at radius 2 is 1.73 bits per heavy atom. The van der Waals surface area contributed by atoms with Gasteiger partial charge in [-0.05, 0) is 60.4 Å². The maximum atomic E-state index is 13.1. The number of methoxy groups -OCH3 is 2. The highest BCUT2D eigenvalue weighted by Gasteiger charge is 2.33. The summed E-state index contributed by atoms with van der Waals surface area (Å²) in [5.41, 5.74) is 3.51. The van der Waals surface area contributed by atoms with Crippen molar-refractivity contribution in [2.45, 2.75) is 46.1 Å². The summed E-state index contributed by atoms with van der Waals surface area (Å²) in [5, 5.41) is 3.25. The van der Waals surface area contributed by atoms with Gasteiger partial charge in [-0.15, -0.1) is 0 Å². The fraction of sp³-hybridized carbons (Fsp3) is 0.407. The summed E-state index contributed by atoms with van der Waals surface area (Å²) in [6, 6.07) is 13.9. The molecule has 0 radical (unpaired) electrons. The van der Waals surface area contributed by atoms with Gasteiger partial charge in [0.2, 0.25) is 0 Å². The molecule has 6 nitrogen and oxygen atoms in total. The normalized spacial score (nSPS) is 19.7. The number of rotatable bonds is 6. The van der Waals surface area contributed by atoms with Crippen molar-refractivity contribution in [1.29, 1.82) is 0 Å². The third kappa shape index (κ3) is 4.90. The average molecular weight is 448 g/mol. The van der Waals surface area contributed by atoms with Crippen LogP contribution in [0.15, 0.2) is 55.0 Å². The molecule has 1 aliphatic rings. The summed E-state index contributed by atoms with van der Waals surface area (Å²) in [6.07, 6.45) is 6.51. The lowest BCUT2D eigenvalue weighted by molar-refractivity contribution is 0.0867. The Hall–Kier alpha value is -3.28. The largest absolute Gasteiger partial charge is 0.496 e. The molecule has 174 valence electrons. The van der Waals surface area contributed by atoms with E-state index in [1.54, 1.807) is 26.7 Å². The van der Waals surface area contributed by atoms with Crippen molar-refractivity contribution in [2.75, 3.05) is 14.2 Å². The lowest BCUT2D eigenvalue weighted by atomic mass is 9.70. The summed E-state index contributed by atoms with van der Waals surface area (Å²) in [7, 11) is 3.30. The predicted octanol–water partition coefficient (Wildman–Crippen LogP) is 5.50. The molecule has 1 aromatic heterocycles. The molecule has 0 saturated heterocycles. The molecule has 1 heterocycles. The van der Waals surface area contributed by atoms with Gasteiger partial charge in [-0.3, -0.25) is 9.36 Å². The van der Waals surface area contributed by atoms with Crippen molar-refractivity contribution in [3.05, 3.63) is 60.7 Å². The second-order valence-electron chi connectivity index (χ2n) is 9.82. The molecule has 0 unspecified atom stereocenters. The molecular weight excluding hydrogens is 414 g/mol. The number of amides is 1. The van der Waals surface area contributed by atoms with Gasteiger partial charge in [0, 0.05) is 11.7 Å². The lowest BCUT2D eigenvalue weighted by Crippen LogP contribution is -2.43. The fourth-order valence-corrected chi connectivity index (χ4v) is 5.31. The van der Waals surface area contributed by atoms with E-state index in [1.807, 2.05) is 47.0 Å². The van der Waals surface area contributed by atoms with E-state index in [0.29, 0.717) is 11.6 Å². The molecule has 1 aliphatic carbocycles. The van der Waals surface area contributed by atoms with E-state index in [1.165, 1.54) is 6.42 Å². The van der Waals surface area contributed by atoms with Crippen LogP contribution in [0.4, 0.5) is 0 Å². The van der Waals surface area contributed by atoms with E-state index in [0.717, 1.165) is 41.2 Å². The number of benzene rings is 2. The van der Waals surface area contributed by atoms with Gasteiger partial charge in [0.15, 0.2) is 0 Å². The van der Waals surface area contributed by atoms with Crippen LogP contribution >= 0.6 is 0 Å². The Labute approximate surface area is 195 Å². The Bertz CT molecular complexity index is 1100. The first-order chi connectivity index (χ1) is 15.8. The number of nitrogens with zero attached hydrogens (tertiary/aromatic N) is 2. The van der Waals surface area contributed by atoms with Crippen molar-refractivity contribution >= 4 is 5.91 Å². The third-order valence-electron chi connectivity index (χ3n) is 6.46. The van der Waals surface area contributed by atoms with E-state index < -0.39 is 0 Å². The van der Waals surface area contributed by atoms with Gasteiger partial charge in [-0.1, -0.05) is 39.0 Å². The third-order valence-corrected chi connectivity index (χ3v) is 6.46. The van der Waals surface area contributed by atoms with Crippen molar-refractivity contribution < 1.29 is 14.3 Å². The van der Waals surface area contributed by atoms with Crippen LogP contribution in [0, 0.1) is 11.3 Å². The van der Waals surface area contributed by atoms with Gasteiger partial charge >= 0.3 is 0 Å². The number of ether oxygens (including phenoxy) is 2. The summed E-state index contributed by atoms with van der Waals surface area (Å²) in [6.45, 7) is 6.83. The second kappa shape index (κ2) is 9.30. The Balaban J connectivity index is 1.57. The van der Waals surface area contributed by atoms with Gasteiger partial charge in [-0.25, -0.2) is 4.98 Å². The highest BCUT2D eigenvalue weighted by molar-refractivity contribution is 5.93. The number of imidazole rings is 1. The molecule has 33 heavy (non-hydrogen) atoms. The zero-order valence-corrected chi connectivity index (χ0v) is 20.1. The number of carbonyl (C=O) groups is 1. The summed E-state index contributed by atoms with van der Waals surface area (Å²) >= 11 is 0. The fourth-order valence-electron chi connectivity index (χ4n) is 5.31. The molecule has 1 fully saturated rings. The van der Waals surface area contributed by atoms with E-state index in [4.69, 9.17) is 9.47 Å². The van der Waals surface area contributed by atoms with Crippen LogP contribution in [0.2, 0.25) is 0 Å². The summed E-state index contributed by atoms with van der Waals surface area (Å²) in [4.78, 5) is 17.4. The molecule has 2 atom stereocenters. The molecule has 0 bridgehead atoms. The van der Waals surface area contributed by atoms with Crippen LogP contribution in [0.3, 0.4) is 0 Å². The van der Waals surface area contributed by atoms with Crippen molar-refractivity contribution in [1.82, 2.24) is 14.9 Å². The molecule has 2 aromatic carbocycles. The van der Waals surface area contributed by atoms with Crippen molar-refractivity contribution in [3.8, 4) is 28.3 Å². The SMILES string of the molecule is COc1cccc(OC)c1-c1ccc(-n2cncc2C(=O)N[C@H]2C[C@@H](C)CC(C)(C)C2)cc1. The first kappa shape index (κ1) is 22.9. The average Bonchev–Trinajstić information content (AvgIpc) is 3.27. The lowest BCUT2D eigenvalue weighted by Gasteiger charge is -2.39. The minimum atomic E-state index is -0.0853. The maximum Gasteiger partial charge on any atom is 0.270 e. The zero-order chi connectivity index (χ0) is 23.6. The molecule has 3 aromatic rings. The quantitative estimate of drug-likeness (QED) is 0.542. The van der Waals surface area contributed by atoms with E-state index in [-0.39, 0.29) is 17.4 Å². The summed E-state index contributed by atoms with van der Waals surface area (Å²) in [5.74, 6) is 2.00. The minimum Gasteiger partial charge on any atom is -0.496 e. The van der Waals surface area contributed by atoms with Crippen LogP contribution in [-0.4, -0.2) is 35.7 Å². The van der Waals surface area contributed by atoms with E-state index in [2.05, 4.69) is 31.1 Å². The highest BCUT2D eigenvalue weighted by atomic mass is 16.5. The topological polar surface area (TPSA) is 65.4 Å². The Kier molecular flexibility index (Phi) is 6.45. The maximum absolute atomic E-state index is 13.1. The molecule has 0 aliphatic heterocycles. The first-order valence-electron chi connectivity index (χ1n) is 11.5. The number of nitrogens with one attached hydrogen (secondary N) is 1. The first-order valence-corrected chi connectivity index (χ1v) is 11.5. The standard InChI is InChI=1S/C27H33N3O3/c1-18-13-20(15-27(2,3)14-18)29-26(31)22-16-28-17-30(22)21-11-9-19(10-12-21)25-23(32-4)7-6-8-24(25)33-5/h6-12,16-18,20H,13-15H2,1-5H3,(H,29,31)/t18-,20+/m1/s1. The van der Waals surface area contributed by atoms with Gasteiger partial charge in [0.25, 0.3) is 5.91 Å².